The van der Waals surface area contributed by atoms with Gasteiger partial charge in [0.05, 0.1) is 44.1 Å². The minimum absolute atomic E-state index is 0.0235. The molecule has 4 heterocycles. The first kappa shape index (κ1) is 90.7. The van der Waals surface area contributed by atoms with Gasteiger partial charge in [0.1, 0.15) is 0 Å². The standard InChI is InChI=1S/C68H68N2.C66H64N2/c1-41-19-15-17-21-49(41)63-51-29-27-48(70-61-33-25-45(67(9,10)11)37-55(61)56-38-46(68(12,13)14)26-34-62(56)70)40-58(51)64(50-22-18-16-20-42(50)2)52-30-28-47(39-57(52)63)69-59-31-23-43(65(3,4)5)35-53(59)54-36-44(66(6,7)8)24-32-60(54)69;1-63(2,3)43-23-31-57-51(35-43)52-36-44(64(4,5)6)24-32-58(52)67(57)47-27-29-49-55(39-47)61(41-19-15-13-16-20-41)50-30-28-48(40-56(50)62(49)42-21-17-14-18-22-42)68-59-33-25-45(65(7,8)9)37-53(59)54-38-46(66(10,11)12)26-34-60(54)68/h15-40H,1-14H3;13-40H,1-12H3. The minimum atomic E-state index is 0.0235. The summed E-state index contributed by atoms with van der Waals surface area (Å²) in [4.78, 5) is 0. The zero-order valence-electron chi connectivity index (χ0n) is 86.0. The Morgan fingerprint density at radius 3 is 0.507 bits per heavy atom. The molecule has 0 N–H and O–H groups in total. The second kappa shape index (κ2) is 32.4. The topological polar surface area (TPSA) is 19.7 Å². The third kappa shape index (κ3) is 15.5. The Morgan fingerprint density at radius 1 is 0.145 bits per heavy atom. The fourth-order valence-corrected chi connectivity index (χ4v) is 22.0. The van der Waals surface area contributed by atoms with Crippen LogP contribution in [0.5, 0.6) is 0 Å². The number of nitrogens with zero attached hydrogens (tertiary/aromatic N) is 4. The SMILES string of the molecule is CC(C)(C)c1ccc2c(c1)c1cc(C(C)(C)C)ccc1n2-c1ccc2c(-c3ccccc3)c3cc(-n4c5ccc(C(C)(C)C)cc5c5cc(C(C)(C)C)ccc54)ccc3c(-c3ccccc3)c2c1.Cc1ccccc1-c1c2ccc(-n3c4ccc(C(C)(C)C)cc4c4cc(C(C)(C)C)ccc43)cc2c(-c2ccccc2C)c2ccc(-n3c4ccc(C(C)(C)C)cc4c4cc(C(C)(C)C)ccc43)cc12. The monoisotopic (exact) mass is 1800 g/mol. The molecule has 0 atom stereocenters. The number of aromatic nitrogens is 4. The highest BCUT2D eigenvalue weighted by molar-refractivity contribution is 6.25. The van der Waals surface area contributed by atoms with Gasteiger partial charge in [-0.1, -0.05) is 348 Å². The third-order valence-electron chi connectivity index (χ3n) is 30.1. The van der Waals surface area contributed by atoms with Crippen LogP contribution in [-0.2, 0) is 43.3 Å². The summed E-state index contributed by atoms with van der Waals surface area (Å²) in [5, 5.41) is 20.3. The van der Waals surface area contributed by atoms with Crippen molar-refractivity contribution in [3.63, 3.8) is 0 Å². The van der Waals surface area contributed by atoms with Crippen molar-refractivity contribution in [2.75, 3.05) is 0 Å². The molecule has 0 unspecified atom stereocenters. The van der Waals surface area contributed by atoms with E-state index in [1.165, 1.54) is 230 Å². The summed E-state index contributed by atoms with van der Waals surface area (Å²) in [6, 6.07) is 126. The summed E-state index contributed by atoms with van der Waals surface area (Å²) in [6.07, 6.45) is 0. The molecule has 0 saturated heterocycles. The van der Waals surface area contributed by atoms with Gasteiger partial charge in [0, 0.05) is 65.8 Å². The number of hydrogen-bond acceptors (Lipinski definition) is 0. The van der Waals surface area contributed by atoms with E-state index in [1.807, 2.05) is 0 Å². The normalized spacial score (nSPS) is 13.0. The summed E-state index contributed by atoms with van der Waals surface area (Å²) < 4.78 is 10.0. The van der Waals surface area contributed by atoms with E-state index in [9.17, 15) is 0 Å². The Bertz CT molecular complexity index is 7950. The number of hydrogen-bond donors (Lipinski definition) is 0. The van der Waals surface area contributed by atoms with Crippen molar-refractivity contribution in [3.8, 4) is 67.3 Å². The largest absolute Gasteiger partial charge is 0.309 e. The Balaban J connectivity index is 0.000000165. The Hall–Kier alpha value is -13.8. The lowest BCUT2D eigenvalue weighted by molar-refractivity contribution is 0.590. The van der Waals surface area contributed by atoms with Gasteiger partial charge in [0.25, 0.3) is 0 Å². The Morgan fingerprint density at radius 2 is 0.319 bits per heavy atom. The van der Waals surface area contributed by atoms with Crippen LogP contribution in [0.3, 0.4) is 0 Å². The van der Waals surface area contributed by atoms with E-state index in [0.29, 0.717) is 0 Å². The summed E-state index contributed by atoms with van der Waals surface area (Å²) in [7, 11) is 0. The van der Waals surface area contributed by atoms with E-state index in [4.69, 9.17) is 0 Å². The number of benzene rings is 18. The van der Waals surface area contributed by atoms with E-state index >= 15 is 0 Å². The predicted molar refractivity (Wildman–Crippen MR) is 601 cm³/mol. The third-order valence-corrected chi connectivity index (χ3v) is 30.1. The lowest BCUT2D eigenvalue weighted by Crippen LogP contribution is -2.10. The zero-order chi connectivity index (χ0) is 97.1. The first-order valence-electron chi connectivity index (χ1n) is 50.0. The molecular weight excluding hydrogens is 1670 g/mol. The first-order valence-corrected chi connectivity index (χ1v) is 50.0. The summed E-state index contributed by atoms with van der Waals surface area (Å²) in [6.45, 7) is 60.1. The van der Waals surface area contributed by atoms with E-state index in [-0.39, 0.29) is 43.3 Å². The maximum absolute atomic E-state index is 2.52. The number of aryl methyl sites for hydroxylation is 2. The smallest absolute Gasteiger partial charge is 0.0541 e. The second-order valence-corrected chi connectivity index (χ2v) is 48.0. The Labute approximate surface area is 816 Å². The van der Waals surface area contributed by atoms with Crippen molar-refractivity contribution in [1.82, 2.24) is 18.3 Å². The summed E-state index contributed by atoms with van der Waals surface area (Å²) >= 11 is 0. The molecule has 688 valence electrons. The highest BCUT2D eigenvalue weighted by atomic mass is 15.0. The molecule has 0 aliphatic heterocycles. The van der Waals surface area contributed by atoms with Crippen LogP contribution in [0.25, 0.3) is 198 Å². The lowest BCUT2D eigenvalue weighted by atomic mass is 9.83. The van der Waals surface area contributed by atoms with Crippen LogP contribution >= 0.6 is 0 Å². The van der Waals surface area contributed by atoms with Gasteiger partial charge in [-0.3, -0.25) is 0 Å². The van der Waals surface area contributed by atoms with Crippen LogP contribution in [0, 0.1) is 13.8 Å². The van der Waals surface area contributed by atoms with Crippen LogP contribution in [0.4, 0.5) is 0 Å². The van der Waals surface area contributed by atoms with Gasteiger partial charge >= 0.3 is 0 Å². The molecule has 22 aromatic rings. The van der Waals surface area contributed by atoms with Crippen LogP contribution in [-0.4, -0.2) is 18.3 Å². The van der Waals surface area contributed by atoms with Gasteiger partial charge in [0.2, 0.25) is 0 Å². The lowest BCUT2D eigenvalue weighted by Gasteiger charge is -2.22. The molecule has 0 bridgehead atoms. The van der Waals surface area contributed by atoms with Gasteiger partial charge in [-0.15, -0.1) is 0 Å². The molecule has 0 amide bonds. The molecular formula is C134H132N4. The molecule has 0 aliphatic rings. The summed E-state index contributed by atoms with van der Waals surface area (Å²) in [5.74, 6) is 0. The van der Waals surface area contributed by atoms with Crippen LogP contribution in [0.15, 0.2) is 328 Å². The van der Waals surface area contributed by atoms with Gasteiger partial charge in [-0.2, -0.15) is 0 Å². The van der Waals surface area contributed by atoms with E-state index < -0.39 is 0 Å². The van der Waals surface area contributed by atoms with Crippen molar-refractivity contribution in [3.05, 3.63) is 383 Å². The summed E-state index contributed by atoms with van der Waals surface area (Å²) in [5.41, 5.74) is 37.9. The van der Waals surface area contributed by atoms with E-state index in [0.717, 1.165) is 22.7 Å². The molecule has 18 aromatic carbocycles. The van der Waals surface area contributed by atoms with Crippen LogP contribution in [0.1, 0.15) is 222 Å². The number of rotatable bonds is 8. The van der Waals surface area contributed by atoms with Crippen molar-refractivity contribution < 1.29 is 0 Å². The molecule has 138 heavy (non-hydrogen) atoms. The quantitative estimate of drug-likeness (QED) is 0.135. The maximum Gasteiger partial charge on any atom is 0.0541 e. The second-order valence-electron chi connectivity index (χ2n) is 48.0. The minimum Gasteiger partial charge on any atom is -0.309 e. The van der Waals surface area contributed by atoms with E-state index in [1.54, 1.807) is 0 Å². The molecule has 4 nitrogen and oxygen atoms in total. The van der Waals surface area contributed by atoms with Gasteiger partial charge in [0.15, 0.2) is 0 Å². The fourth-order valence-electron chi connectivity index (χ4n) is 22.0. The molecule has 4 aromatic heterocycles. The molecule has 0 aliphatic carbocycles. The predicted octanol–water partition coefficient (Wildman–Crippen LogP) is 38.0. The average molecular weight is 1800 g/mol. The molecule has 0 saturated carbocycles. The zero-order valence-corrected chi connectivity index (χ0v) is 86.0. The van der Waals surface area contributed by atoms with Crippen LogP contribution < -0.4 is 0 Å². The van der Waals surface area contributed by atoms with Crippen LogP contribution in [0.2, 0.25) is 0 Å². The van der Waals surface area contributed by atoms with Gasteiger partial charge in [-0.05, 0) is 346 Å². The Kier molecular flexibility index (Phi) is 21.3. The molecule has 0 radical (unpaired) electrons. The van der Waals surface area contributed by atoms with Crippen molar-refractivity contribution >= 4 is 130 Å². The average Bonchev–Trinajstić information content (AvgIpc) is 1.27. The van der Waals surface area contributed by atoms with Gasteiger partial charge < -0.3 is 18.3 Å². The van der Waals surface area contributed by atoms with Gasteiger partial charge in [-0.25, -0.2) is 0 Å². The molecule has 4 heteroatoms. The highest BCUT2D eigenvalue weighted by Gasteiger charge is 2.31. The van der Waals surface area contributed by atoms with E-state index in [2.05, 4.69) is 526 Å². The molecule has 0 fully saturated rings. The van der Waals surface area contributed by atoms with Crippen molar-refractivity contribution in [2.24, 2.45) is 0 Å². The molecule has 22 rings (SSSR count). The maximum atomic E-state index is 2.52. The van der Waals surface area contributed by atoms with Crippen molar-refractivity contribution in [2.45, 2.75) is 223 Å². The first-order chi connectivity index (χ1) is 65.3. The van der Waals surface area contributed by atoms with Crippen molar-refractivity contribution in [1.29, 1.82) is 0 Å². The highest BCUT2D eigenvalue weighted by Crippen LogP contribution is 2.53. The number of fused-ring (bicyclic) bond motifs is 16. The fraction of sp³-hybridized carbons (Fsp3) is 0.254. The molecule has 0 spiro atoms.